The van der Waals surface area contributed by atoms with Crippen molar-refractivity contribution in [2.24, 2.45) is 17.3 Å². The van der Waals surface area contributed by atoms with Crippen LogP contribution in [0.3, 0.4) is 0 Å². The average molecular weight is 547 g/mol. The second kappa shape index (κ2) is 9.69. The van der Waals surface area contributed by atoms with Crippen molar-refractivity contribution in [2.75, 3.05) is 44.3 Å². The predicted octanol–water partition coefficient (Wildman–Crippen LogP) is 2.60. The second-order valence-corrected chi connectivity index (χ2v) is 12.7. The van der Waals surface area contributed by atoms with Crippen LogP contribution in [0.15, 0.2) is 41.6 Å². The number of hydrogen-bond donors (Lipinski definition) is 1. The first kappa shape index (κ1) is 25.7. The average Bonchev–Trinajstić information content (AvgIpc) is 3.54. The number of benzene rings is 1. The highest BCUT2D eigenvalue weighted by Crippen LogP contribution is 2.47. The van der Waals surface area contributed by atoms with E-state index in [1.807, 2.05) is 24.0 Å². The zero-order chi connectivity index (χ0) is 27.5. The summed E-state index contributed by atoms with van der Waals surface area (Å²) in [6, 6.07) is 8.29. The Morgan fingerprint density at radius 2 is 1.68 bits per heavy atom. The number of anilines is 1. The minimum atomic E-state index is -1.05. The maximum absolute atomic E-state index is 13.3. The first-order chi connectivity index (χ1) is 19.3. The number of rotatable bonds is 6. The van der Waals surface area contributed by atoms with Gasteiger partial charge in [0.15, 0.2) is 5.65 Å². The van der Waals surface area contributed by atoms with E-state index in [4.69, 9.17) is 4.74 Å². The van der Waals surface area contributed by atoms with Crippen LogP contribution in [0.4, 0.5) is 5.69 Å². The van der Waals surface area contributed by atoms with Gasteiger partial charge < -0.3 is 19.6 Å². The summed E-state index contributed by atoms with van der Waals surface area (Å²) in [5.41, 5.74) is 1.08. The van der Waals surface area contributed by atoms with E-state index >= 15 is 0 Å². The highest BCUT2D eigenvalue weighted by Gasteiger charge is 2.48. The van der Waals surface area contributed by atoms with Crippen molar-refractivity contribution in [1.82, 2.24) is 24.2 Å². The van der Waals surface area contributed by atoms with Gasteiger partial charge in [0.25, 0.3) is 5.56 Å². The van der Waals surface area contributed by atoms with Crippen LogP contribution in [0, 0.1) is 17.3 Å². The van der Waals surface area contributed by atoms with E-state index < -0.39 is 5.60 Å². The van der Waals surface area contributed by atoms with Crippen LogP contribution in [-0.2, 0) is 16.1 Å². The van der Waals surface area contributed by atoms with Crippen LogP contribution >= 0.6 is 0 Å². The Morgan fingerprint density at radius 1 is 1.00 bits per heavy atom. The smallest absolute Gasteiger partial charge is 0.264 e. The first-order valence-electron chi connectivity index (χ1n) is 14.7. The number of nitrogens with zero attached hydrogens (tertiary/aromatic N) is 6. The molecule has 1 amide bonds. The molecule has 40 heavy (non-hydrogen) atoms. The van der Waals surface area contributed by atoms with Crippen molar-refractivity contribution in [3.63, 3.8) is 0 Å². The van der Waals surface area contributed by atoms with Gasteiger partial charge in [-0.3, -0.25) is 14.2 Å². The van der Waals surface area contributed by atoms with Crippen molar-refractivity contribution in [2.45, 2.75) is 57.6 Å². The molecule has 2 aromatic heterocycles. The predicted molar refractivity (Wildman–Crippen MR) is 150 cm³/mol. The lowest BCUT2D eigenvalue weighted by atomic mass is 9.83. The van der Waals surface area contributed by atoms with Gasteiger partial charge in [-0.05, 0) is 68.7 Å². The van der Waals surface area contributed by atoms with E-state index in [2.05, 4.69) is 27.1 Å². The molecule has 10 nitrogen and oxygen atoms in total. The minimum Gasteiger partial charge on any atom is -0.388 e. The Bertz CT molecular complexity index is 1460. The molecule has 0 spiro atoms. The van der Waals surface area contributed by atoms with Crippen LogP contribution in [0.2, 0.25) is 0 Å². The van der Waals surface area contributed by atoms with Gasteiger partial charge in [-0.2, -0.15) is 5.10 Å². The number of aliphatic hydroxyl groups is 1. The minimum absolute atomic E-state index is 0.151. The van der Waals surface area contributed by atoms with Gasteiger partial charge in [-0.15, -0.1) is 0 Å². The van der Waals surface area contributed by atoms with Crippen LogP contribution in [0.5, 0.6) is 0 Å². The fourth-order valence-corrected chi connectivity index (χ4v) is 6.59. The Kier molecular flexibility index (Phi) is 6.23. The summed E-state index contributed by atoms with van der Waals surface area (Å²) in [6.45, 7) is 7.17. The normalized spacial score (nSPS) is 22.9. The largest absolute Gasteiger partial charge is 0.388 e. The molecule has 5 heterocycles. The highest BCUT2D eigenvalue weighted by molar-refractivity contribution is 5.85. The van der Waals surface area contributed by atoms with Gasteiger partial charge in [-0.25, -0.2) is 9.67 Å². The molecule has 4 fully saturated rings. The lowest BCUT2D eigenvalue weighted by molar-refractivity contribution is -0.141. The van der Waals surface area contributed by atoms with E-state index in [-0.39, 0.29) is 23.4 Å². The summed E-state index contributed by atoms with van der Waals surface area (Å²) >= 11 is 0. The number of piperidine rings is 2. The SMILES string of the molecule is CC1(C(=O)N2CCC(O)(Cn3cnc4c(cnn4-c4ccc(N5CCC(C6COC6)CC5)cc4)c3=O)CC2)CC1. The van der Waals surface area contributed by atoms with E-state index in [1.165, 1.54) is 29.4 Å². The number of likely N-dealkylation sites (tertiary alicyclic amines) is 1. The number of carbonyl (C=O) groups is 1. The summed E-state index contributed by atoms with van der Waals surface area (Å²) in [5.74, 6) is 1.72. The molecule has 3 aromatic rings. The van der Waals surface area contributed by atoms with Gasteiger partial charge in [0.2, 0.25) is 5.91 Å². The quantitative estimate of drug-likeness (QED) is 0.507. The second-order valence-electron chi connectivity index (χ2n) is 12.7. The molecular formula is C30H38N6O4. The Labute approximate surface area is 233 Å². The fourth-order valence-electron chi connectivity index (χ4n) is 6.59. The van der Waals surface area contributed by atoms with Crippen LogP contribution < -0.4 is 10.5 Å². The number of carbonyl (C=O) groups excluding carboxylic acids is 1. The Balaban J connectivity index is 1.02. The van der Waals surface area contributed by atoms with Crippen molar-refractivity contribution in [1.29, 1.82) is 0 Å². The Morgan fingerprint density at radius 3 is 2.30 bits per heavy atom. The zero-order valence-electron chi connectivity index (χ0n) is 23.2. The maximum atomic E-state index is 13.3. The number of fused-ring (bicyclic) bond motifs is 1. The molecule has 1 N–H and O–H groups in total. The number of aromatic nitrogens is 4. The summed E-state index contributed by atoms with van der Waals surface area (Å²) < 4.78 is 8.56. The fraction of sp³-hybridized carbons (Fsp3) is 0.600. The molecule has 0 unspecified atom stereocenters. The topological polar surface area (TPSA) is 106 Å². The van der Waals surface area contributed by atoms with E-state index in [0.717, 1.165) is 56.7 Å². The van der Waals surface area contributed by atoms with Crippen molar-refractivity contribution in [3.05, 3.63) is 47.1 Å². The third-order valence-corrected chi connectivity index (χ3v) is 9.85. The van der Waals surface area contributed by atoms with Gasteiger partial charge in [0.05, 0.1) is 37.2 Å². The zero-order valence-corrected chi connectivity index (χ0v) is 23.2. The van der Waals surface area contributed by atoms with E-state index in [0.29, 0.717) is 37.0 Å². The molecule has 10 heteroatoms. The summed E-state index contributed by atoms with van der Waals surface area (Å²) in [6.07, 6.45) is 8.26. The highest BCUT2D eigenvalue weighted by atomic mass is 16.5. The lowest BCUT2D eigenvalue weighted by Crippen LogP contribution is -2.51. The summed E-state index contributed by atoms with van der Waals surface area (Å²) in [4.78, 5) is 34.9. The summed E-state index contributed by atoms with van der Waals surface area (Å²) in [5, 5.41) is 16.2. The van der Waals surface area contributed by atoms with Crippen LogP contribution in [0.25, 0.3) is 16.7 Å². The Hall–Kier alpha value is -3.24. The molecule has 4 aliphatic rings. The molecular weight excluding hydrogens is 508 g/mol. The van der Waals surface area contributed by atoms with Gasteiger partial charge in [0.1, 0.15) is 11.7 Å². The summed E-state index contributed by atoms with van der Waals surface area (Å²) in [7, 11) is 0. The molecule has 1 saturated carbocycles. The van der Waals surface area contributed by atoms with Crippen molar-refractivity contribution in [3.8, 4) is 5.69 Å². The standard InChI is InChI=1S/C30H38N6O4/c1-29(8-9-29)28(38)34-14-10-30(39,11-15-34)19-35-20-31-26-25(27(35)37)16-32-36(26)24-4-2-23(3-5-24)33-12-6-21(7-13-33)22-17-40-18-22/h2-5,16,20-22,39H,6-15,17-19H2,1H3. The van der Waals surface area contributed by atoms with Gasteiger partial charge >= 0.3 is 0 Å². The number of ether oxygens (including phenoxy) is 1. The molecule has 0 bridgehead atoms. The molecule has 1 aliphatic carbocycles. The lowest BCUT2D eigenvalue weighted by Gasteiger charge is -2.40. The third-order valence-electron chi connectivity index (χ3n) is 9.85. The van der Waals surface area contributed by atoms with Gasteiger partial charge in [-0.1, -0.05) is 6.92 Å². The first-order valence-corrected chi connectivity index (χ1v) is 14.7. The van der Waals surface area contributed by atoms with E-state index in [1.54, 1.807) is 10.9 Å². The number of hydrogen-bond acceptors (Lipinski definition) is 7. The van der Waals surface area contributed by atoms with Crippen LogP contribution in [-0.4, -0.2) is 80.2 Å². The molecule has 0 radical (unpaired) electrons. The van der Waals surface area contributed by atoms with E-state index in [9.17, 15) is 14.7 Å². The molecule has 212 valence electrons. The molecule has 3 saturated heterocycles. The number of amides is 1. The van der Waals surface area contributed by atoms with Gasteiger partial charge in [0, 0.05) is 43.2 Å². The van der Waals surface area contributed by atoms with Crippen molar-refractivity contribution >= 4 is 22.6 Å². The van der Waals surface area contributed by atoms with Crippen molar-refractivity contribution < 1.29 is 14.6 Å². The maximum Gasteiger partial charge on any atom is 0.264 e. The third kappa shape index (κ3) is 4.60. The van der Waals surface area contributed by atoms with Crippen LogP contribution in [0.1, 0.15) is 45.4 Å². The molecule has 7 rings (SSSR count). The molecule has 3 aliphatic heterocycles. The monoisotopic (exact) mass is 546 g/mol. The molecule has 0 atom stereocenters. The molecule has 1 aromatic carbocycles.